The number of nitrogens with two attached hydrogens (primary N) is 1. The summed E-state index contributed by atoms with van der Waals surface area (Å²) in [5.41, 5.74) is 0. The maximum absolute atomic E-state index is 8.08. The molecule has 2 N–H and O–H groups in total. The first-order valence-corrected chi connectivity index (χ1v) is 2.67. The summed E-state index contributed by atoms with van der Waals surface area (Å²) in [6.45, 7) is 3.44. The zero-order chi connectivity index (χ0) is 6.41. The van der Waals surface area contributed by atoms with Crippen molar-refractivity contribution in [2.45, 2.75) is 13.3 Å². The van der Waals surface area contributed by atoms with Gasteiger partial charge in [0.05, 0.1) is 6.07 Å². The lowest BCUT2D eigenvalue weighted by Crippen LogP contribution is -2.31. The van der Waals surface area contributed by atoms with Gasteiger partial charge < -0.3 is 0 Å². The van der Waals surface area contributed by atoms with Gasteiger partial charge in [-0.15, -0.1) is 0 Å². The fourth-order valence-corrected chi connectivity index (χ4v) is 0.352. The molecule has 0 amide bonds. The number of hydrazine groups is 1. The topological polar surface area (TPSA) is 53.0 Å². The number of nitrogens with zero attached hydrogens (tertiary/aromatic N) is 2. The van der Waals surface area contributed by atoms with Crippen molar-refractivity contribution in [2.75, 3.05) is 13.1 Å². The van der Waals surface area contributed by atoms with E-state index in [1.165, 1.54) is 0 Å². The largest absolute Gasteiger partial charge is 0.269 e. The van der Waals surface area contributed by atoms with E-state index in [2.05, 4.69) is 0 Å². The second kappa shape index (κ2) is 4.57. The summed E-state index contributed by atoms with van der Waals surface area (Å²) in [7, 11) is 0. The van der Waals surface area contributed by atoms with Crippen LogP contribution in [0.1, 0.15) is 13.3 Å². The number of hydrogen-bond acceptors (Lipinski definition) is 3. The first kappa shape index (κ1) is 7.41. The van der Waals surface area contributed by atoms with Gasteiger partial charge in [-0.3, -0.25) is 5.84 Å². The Kier molecular flexibility index (Phi) is 4.23. The molecule has 0 aromatic carbocycles. The summed E-state index contributed by atoms with van der Waals surface area (Å²) in [5.74, 6) is 5.34. The Hall–Kier alpha value is -0.590. The van der Waals surface area contributed by atoms with Crippen molar-refractivity contribution in [3.8, 4) is 6.07 Å². The Morgan fingerprint density at radius 2 is 2.38 bits per heavy atom. The van der Waals surface area contributed by atoms with Crippen LogP contribution in [-0.2, 0) is 0 Å². The molecule has 0 spiro atoms. The van der Waals surface area contributed by atoms with Gasteiger partial charge in [0.1, 0.15) is 0 Å². The minimum absolute atomic E-state index is 0.518. The van der Waals surface area contributed by atoms with Gasteiger partial charge in [0.25, 0.3) is 0 Å². The standard InChI is InChI=1S/C5H11N3/c1-2-8(7)5-3-4-6/h2-3,5,7H2,1H3. The highest BCUT2D eigenvalue weighted by Gasteiger charge is 1.89. The lowest BCUT2D eigenvalue weighted by Gasteiger charge is -2.09. The summed E-state index contributed by atoms with van der Waals surface area (Å²) < 4.78 is 0. The highest BCUT2D eigenvalue weighted by Crippen LogP contribution is 1.78. The predicted molar refractivity (Wildman–Crippen MR) is 31.7 cm³/mol. The molecule has 0 aromatic rings. The summed E-state index contributed by atoms with van der Waals surface area (Å²) in [6, 6.07) is 2.01. The molecule has 3 heteroatoms. The first-order valence-electron chi connectivity index (χ1n) is 2.67. The van der Waals surface area contributed by atoms with Crippen LogP contribution in [-0.4, -0.2) is 18.1 Å². The normalized spacial score (nSPS) is 9.25. The Bertz CT molecular complexity index is 84.2. The Morgan fingerprint density at radius 1 is 1.75 bits per heavy atom. The molecule has 0 aliphatic heterocycles. The third-order valence-electron chi connectivity index (χ3n) is 0.917. The molecule has 0 rings (SSSR count). The van der Waals surface area contributed by atoms with Crippen LogP contribution in [0.15, 0.2) is 0 Å². The Balaban J connectivity index is 3.01. The third kappa shape index (κ3) is 3.59. The summed E-state index contributed by atoms with van der Waals surface area (Å²) in [5, 5.41) is 9.69. The van der Waals surface area contributed by atoms with Crippen LogP contribution in [0.5, 0.6) is 0 Å². The van der Waals surface area contributed by atoms with Crippen LogP contribution in [0.25, 0.3) is 0 Å². The van der Waals surface area contributed by atoms with Crippen molar-refractivity contribution in [3.05, 3.63) is 0 Å². The summed E-state index contributed by atoms with van der Waals surface area (Å²) in [4.78, 5) is 0. The zero-order valence-corrected chi connectivity index (χ0v) is 5.09. The van der Waals surface area contributed by atoms with Crippen LogP contribution in [0.4, 0.5) is 0 Å². The van der Waals surface area contributed by atoms with Crippen molar-refractivity contribution in [1.82, 2.24) is 5.01 Å². The number of rotatable bonds is 3. The van der Waals surface area contributed by atoms with Crippen LogP contribution < -0.4 is 5.84 Å². The van der Waals surface area contributed by atoms with Crippen LogP contribution in [0, 0.1) is 11.3 Å². The van der Waals surface area contributed by atoms with Crippen LogP contribution in [0.3, 0.4) is 0 Å². The van der Waals surface area contributed by atoms with Gasteiger partial charge in [-0.05, 0) is 0 Å². The second-order valence-electron chi connectivity index (χ2n) is 1.54. The van der Waals surface area contributed by atoms with Gasteiger partial charge in [0.2, 0.25) is 0 Å². The van der Waals surface area contributed by atoms with E-state index in [-0.39, 0.29) is 0 Å². The van der Waals surface area contributed by atoms with Crippen molar-refractivity contribution in [3.63, 3.8) is 0 Å². The quantitative estimate of drug-likeness (QED) is 0.417. The molecule has 0 unspecified atom stereocenters. The van der Waals surface area contributed by atoms with E-state index in [0.29, 0.717) is 13.0 Å². The molecule has 0 saturated carbocycles. The number of hydrogen-bond donors (Lipinski definition) is 1. The van der Waals surface area contributed by atoms with Gasteiger partial charge in [0.15, 0.2) is 0 Å². The highest BCUT2D eigenvalue weighted by atomic mass is 15.4. The summed E-state index contributed by atoms with van der Waals surface area (Å²) >= 11 is 0. The molecular weight excluding hydrogens is 102 g/mol. The number of nitriles is 1. The molecule has 0 bridgehead atoms. The second-order valence-corrected chi connectivity index (χ2v) is 1.54. The van der Waals surface area contributed by atoms with Gasteiger partial charge in [0, 0.05) is 19.5 Å². The molecule has 0 heterocycles. The Morgan fingerprint density at radius 3 is 2.75 bits per heavy atom. The third-order valence-corrected chi connectivity index (χ3v) is 0.917. The maximum atomic E-state index is 8.08. The minimum Gasteiger partial charge on any atom is -0.269 e. The molecule has 0 saturated heterocycles. The molecule has 3 nitrogen and oxygen atoms in total. The van der Waals surface area contributed by atoms with Gasteiger partial charge in [-0.1, -0.05) is 6.92 Å². The molecule has 0 aromatic heterocycles. The average molecular weight is 113 g/mol. The van der Waals surface area contributed by atoms with Gasteiger partial charge >= 0.3 is 0 Å². The van der Waals surface area contributed by atoms with Crippen molar-refractivity contribution in [1.29, 1.82) is 5.26 Å². The van der Waals surface area contributed by atoms with Crippen molar-refractivity contribution < 1.29 is 0 Å². The molecule has 0 aliphatic rings. The monoisotopic (exact) mass is 113 g/mol. The molecule has 8 heavy (non-hydrogen) atoms. The van der Waals surface area contributed by atoms with Gasteiger partial charge in [-0.25, -0.2) is 5.01 Å². The van der Waals surface area contributed by atoms with E-state index in [0.717, 1.165) is 6.54 Å². The van der Waals surface area contributed by atoms with E-state index < -0.39 is 0 Å². The van der Waals surface area contributed by atoms with Crippen LogP contribution in [0.2, 0.25) is 0 Å². The SMILES string of the molecule is CCN(N)CCC#N. The fourth-order valence-electron chi connectivity index (χ4n) is 0.352. The minimum atomic E-state index is 0.518. The van der Waals surface area contributed by atoms with Crippen LogP contribution >= 0.6 is 0 Å². The summed E-state index contributed by atoms with van der Waals surface area (Å²) in [6.07, 6.45) is 0.518. The van der Waals surface area contributed by atoms with Gasteiger partial charge in [-0.2, -0.15) is 5.26 Å². The van der Waals surface area contributed by atoms with E-state index in [1.54, 1.807) is 5.01 Å². The molecule has 46 valence electrons. The molecule has 0 fully saturated rings. The van der Waals surface area contributed by atoms with E-state index in [1.807, 2.05) is 13.0 Å². The highest BCUT2D eigenvalue weighted by molar-refractivity contribution is 4.69. The van der Waals surface area contributed by atoms with E-state index in [9.17, 15) is 0 Å². The first-order chi connectivity index (χ1) is 3.81. The molecule has 0 aliphatic carbocycles. The lowest BCUT2D eigenvalue weighted by molar-refractivity contribution is 0.306. The molecular formula is C5H11N3. The van der Waals surface area contributed by atoms with Crippen molar-refractivity contribution >= 4 is 0 Å². The fraction of sp³-hybridized carbons (Fsp3) is 0.800. The molecule has 0 radical (unpaired) electrons. The lowest BCUT2D eigenvalue weighted by atomic mass is 10.4. The van der Waals surface area contributed by atoms with Crippen molar-refractivity contribution in [2.24, 2.45) is 5.84 Å². The van der Waals surface area contributed by atoms with E-state index in [4.69, 9.17) is 11.1 Å². The van der Waals surface area contributed by atoms with E-state index >= 15 is 0 Å². The zero-order valence-electron chi connectivity index (χ0n) is 5.09. The Labute approximate surface area is 49.7 Å². The smallest absolute Gasteiger partial charge is 0.0635 e. The maximum Gasteiger partial charge on any atom is 0.0635 e. The predicted octanol–water partition coefficient (Wildman–Crippen LogP) is 0.0957. The average Bonchev–Trinajstić information content (AvgIpc) is 1.83. The molecule has 0 atom stereocenters.